The molecule has 1 aromatic carbocycles. The molecule has 0 spiro atoms. The third-order valence-corrected chi connectivity index (χ3v) is 3.40. The standard InChI is InChI=1S/C12H10ClNO4/c1-12(5-9(15)16)8-3-2-6(13)4-7(8)10(17)11(12)14-18/h2-4,18H,5H2,1H3,(H,15,16). The highest BCUT2D eigenvalue weighted by Gasteiger charge is 2.48. The van der Waals surface area contributed by atoms with Crippen LogP contribution < -0.4 is 0 Å². The summed E-state index contributed by atoms with van der Waals surface area (Å²) >= 11 is 5.81. The number of hydrogen-bond donors (Lipinski definition) is 2. The molecule has 0 bridgehead atoms. The quantitative estimate of drug-likeness (QED) is 0.634. The Labute approximate surface area is 108 Å². The van der Waals surface area contributed by atoms with Crippen molar-refractivity contribution in [2.75, 3.05) is 0 Å². The van der Waals surface area contributed by atoms with E-state index in [4.69, 9.17) is 21.9 Å². The Morgan fingerprint density at radius 2 is 2.17 bits per heavy atom. The number of oxime groups is 1. The molecule has 0 amide bonds. The lowest BCUT2D eigenvalue weighted by molar-refractivity contribution is -0.137. The van der Waals surface area contributed by atoms with Crippen molar-refractivity contribution in [1.29, 1.82) is 0 Å². The van der Waals surface area contributed by atoms with Crippen LogP contribution in [0, 0.1) is 0 Å². The molecule has 1 aromatic rings. The lowest BCUT2D eigenvalue weighted by Crippen LogP contribution is -2.33. The van der Waals surface area contributed by atoms with Crippen LogP contribution in [-0.4, -0.2) is 27.8 Å². The van der Waals surface area contributed by atoms with Crippen molar-refractivity contribution >= 4 is 29.1 Å². The highest BCUT2D eigenvalue weighted by atomic mass is 35.5. The zero-order chi connectivity index (χ0) is 13.5. The van der Waals surface area contributed by atoms with Crippen LogP contribution in [0.4, 0.5) is 0 Å². The third-order valence-electron chi connectivity index (χ3n) is 3.16. The van der Waals surface area contributed by atoms with Crippen LogP contribution in [-0.2, 0) is 10.2 Å². The van der Waals surface area contributed by atoms with Crippen molar-refractivity contribution in [2.24, 2.45) is 5.16 Å². The van der Waals surface area contributed by atoms with E-state index in [9.17, 15) is 9.59 Å². The van der Waals surface area contributed by atoms with Gasteiger partial charge in [0, 0.05) is 10.6 Å². The molecule has 0 fully saturated rings. The van der Waals surface area contributed by atoms with Crippen molar-refractivity contribution in [3.8, 4) is 0 Å². The van der Waals surface area contributed by atoms with Gasteiger partial charge in [0.15, 0.2) is 0 Å². The van der Waals surface area contributed by atoms with Gasteiger partial charge in [-0.3, -0.25) is 9.59 Å². The van der Waals surface area contributed by atoms with E-state index in [2.05, 4.69) is 5.16 Å². The fourth-order valence-corrected chi connectivity index (χ4v) is 2.50. The van der Waals surface area contributed by atoms with Gasteiger partial charge >= 0.3 is 5.97 Å². The van der Waals surface area contributed by atoms with Crippen molar-refractivity contribution < 1.29 is 19.9 Å². The van der Waals surface area contributed by atoms with Gasteiger partial charge in [0.2, 0.25) is 5.78 Å². The zero-order valence-corrected chi connectivity index (χ0v) is 10.2. The SMILES string of the molecule is CC1(CC(=O)O)C(=NO)C(=O)c2cc(Cl)ccc21. The molecule has 0 heterocycles. The van der Waals surface area contributed by atoms with Gasteiger partial charge in [-0.05, 0) is 24.6 Å². The first-order valence-electron chi connectivity index (χ1n) is 5.19. The normalized spacial score (nSPS) is 24.3. The summed E-state index contributed by atoms with van der Waals surface area (Å²) < 4.78 is 0. The van der Waals surface area contributed by atoms with E-state index < -0.39 is 17.2 Å². The van der Waals surface area contributed by atoms with Gasteiger partial charge in [0.25, 0.3) is 0 Å². The number of rotatable bonds is 2. The van der Waals surface area contributed by atoms with Crippen LogP contribution >= 0.6 is 11.6 Å². The van der Waals surface area contributed by atoms with Gasteiger partial charge < -0.3 is 10.3 Å². The summed E-state index contributed by atoms with van der Waals surface area (Å²) in [5.74, 6) is -1.56. The van der Waals surface area contributed by atoms with Crippen LogP contribution in [0.25, 0.3) is 0 Å². The molecule has 0 radical (unpaired) electrons. The molecule has 1 atom stereocenters. The van der Waals surface area contributed by atoms with Crippen molar-refractivity contribution in [1.82, 2.24) is 0 Å². The molecule has 0 aliphatic heterocycles. The second-order valence-electron chi connectivity index (χ2n) is 4.37. The number of fused-ring (bicyclic) bond motifs is 1. The summed E-state index contributed by atoms with van der Waals surface area (Å²) in [7, 11) is 0. The van der Waals surface area contributed by atoms with Gasteiger partial charge in [-0.1, -0.05) is 22.8 Å². The molecule has 94 valence electrons. The van der Waals surface area contributed by atoms with E-state index >= 15 is 0 Å². The number of carboxylic acids is 1. The monoisotopic (exact) mass is 267 g/mol. The highest BCUT2D eigenvalue weighted by molar-refractivity contribution is 6.52. The summed E-state index contributed by atoms with van der Waals surface area (Å²) in [6.45, 7) is 1.56. The molecule has 5 nitrogen and oxygen atoms in total. The van der Waals surface area contributed by atoms with Crippen molar-refractivity contribution in [3.05, 3.63) is 34.3 Å². The lowest BCUT2D eigenvalue weighted by atomic mass is 9.79. The van der Waals surface area contributed by atoms with Gasteiger partial charge in [-0.25, -0.2) is 0 Å². The van der Waals surface area contributed by atoms with Crippen LogP contribution in [0.1, 0.15) is 29.3 Å². The number of aliphatic carboxylic acids is 1. The minimum Gasteiger partial charge on any atom is -0.481 e. The molecule has 0 aromatic heterocycles. The average Bonchev–Trinajstić information content (AvgIpc) is 2.46. The molecule has 1 aliphatic carbocycles. The molecule has 18 heavy (non-hydrogen) atoms. The topological polar surface area (TPSA) is 87.0 Å². The van der Waals surface area contributed by atoms with Crippen molar-refractivity contribution in [2.45, 2.75) is 18.8 Å². The predicted octanol–water partition coefficient (Wildman–Crippen LogP) is 2.10. The van der Waals surface area contributed by atoms with Crippen LogP contribution in [0.3, 0.4) is 0 Å². The molecule has 0 saturated carbocycles. The Bertz CT molecular complexity index is 581. The summed E-state index contributed by atoms with van der Waals surface area (Å²) in [5, 5.41) is 21.3. The second-order valence-corrected chi connectivity index (χ2v) is 4.81. The van der Waals surface area contributed by atoms with E-state index in [0.717, 1.165) is 0 Å². The van der Waals surface area contributed by atoms with Crippen LogP contribution in [0.2, 0.25) is 5.02 Å². The van der Waals surface area contributed by atoms with E-state index in [1.54, 1.807) is 19.1 Å². The molecule has 2 N–H and O–H groups in total. The fourth-order valence-electron chi connectivity index (χ4n) is 2.33. The molecule has 1 unspecified atom stereocenters. The molecule has 0 saturated heterocycles. The Kier molecular flexibility index (Phi) is 2.86. The smallest absolute Gasteiger partial charge is 0.304 e. The molecule has 6 heteroatoms. The number of carbonyl (C=O) groups excluding carboxylic acids is 1. The van der Waals surface area contributed by atoms with Crippen molar-refractivity contribution in [3.63, 3.8) is 0 Å². The van der Waals surface area contributed by atoms with Gasteiger partial charge in [-0.2, -0.15) is 0 Å². The third kappa shape index (κ3) is 1.67. The minimum absolute atomic E-state index is 0.165. The fraction of sp³-hybridized carbons (Fsp3) is 0.250. The number of hydrogen-bond acceptors (Lipinski definition) is 4. The average molecular weight is 268 g/mol. The number of Topliss-reactive ketones (excluding diaryl/α,β-unsaturated/α-hetero) is 1. The summed E-state index contributed by atoms with van der Waals surface area (Å²) in [6, 6.07) is 4.63. The second kappa shape index (κ2) is 4.10. The summed E-state index contributed by atoms with van der Waals surface area (Å²) in [5.41, 5.74) is -0.481. The lowest BCUT2D eigenvalue weighted by Gasteiger charge is -2.22. The molecule has 2 rings (SSSR count). The Morgan fingerprint density at radius 3 is 2.72 bits per heavy atom. The van der Waals surface area contributed by atoms with E-state index in [-0.39, 0.29) is 12.1 Å². The summed E-state index contributed by atoms with van der Waals surface area (Å²) in [6.07, 6.45) is -0.327. The van der Waals surface area contributed by atoms with E-state index in [1.165, 1.54) is 6.07 Å². The molecular formula is C12H10ClNO4. The Hall–Kier alpha value is -1.88. The first-order chi connectivity index (χ1) is 8.40. The Morgan fingerprint density at radius 1 is 1.50 bits per heavy atom. The van der Waals surface area contributed by atoms with Gasteiger partial charge in [-0.15, -0.1) is 0 Å². The van der Waals surface area contributed by atoms with Gasteiger partial charge in [0.1, 0.15) is 5.71 Å². The predicted molar refractivity (Wildman–Crippen MR) is 64.6 cm³/mol. The number of halogens is 1. The highest BCUT2D eigenvalue weighted by Crippen LogP contribution is 2.40. The number of benzene rings is 1. The van der Waals surface area contributed by atoms with E-state index in [0.29, 0.717) is 16.1 Å². The van der Waals surface area contributed by atoms with E-state index in [1.807, 2.05) is 0 Å². The minimum atomic E-state index is -1.13. The molecule has 1 aliphatic rings. The molecular weight excluding hydrogens is 258 g/mol. The number of ketones is 1. The maximum absolute atomic E-state index is 12.0. The number of carboxylic acid groups (broad SMARTS) is 1. The number of nitrogens with zero attached hydrogens (tertiary/aromatic N) is 1. The van der Waals surface area contributed by atoms with Crippen LogP contribution in [0.15, 0.2) is 23.4 Å². The first kappa shape index (κ1) is 12.6. The largest absolute Gasteiger partial charge is 0.481 e. The van der Waals surface area contributed by atoms with Crippen LogP contribution in [0.5, 0.6) is 0 Å². The maximum Gasteiger partial charge on any atom is 0.304 e. The maximum atomic E-state index is 12.0. The first-order valence-corrected chi connectivity index (χ1v) is 5.57. The Balaban J connectivity index is 2.67. The summed E-state index contributed by atoms with van der Waals surface area (Å²) in [4.78, 5) is 23.0. The zero-order valence-electron chi connectivity index (χ0n) is 9.48. The number of carbonyl (C=O) groups is 2. The van der Waals surface area contributed by atoms with Gasteiger partial charge in [0.05, 0.1) is 11.8 Å².